The minimum absolute atomic E-state index is 0.164. The van der Waals surface area contributed by atoms with Crippen molar-refractivity contribution in [3.63, 3.8) is 0 Å². The van der Waals surface area contributed by atoms with Crippen LogP contribution >= 0.6 is 22.9 Å². The van der Waals surface area contributed by atoms with Crippen molar-refractivity contribution in [2.24, 2.45) is 0 Å². The highest BCUT2D eigenvalue weighted by atomic mass is 35.5. The fourth-order valence-corrected chi connectivity index (χ4v) is 3.68. The largest absolute Gasteiger partial charge is 0.345 e. The molecule has 0 aliphatic carbocycles. The van der Waals surface area contributed by atoms with Crippen LogP contribution in [-0.2, 0) is 0 Å². The summed E-state index contributed by atoms with van der Waals surface area (Å²) in [6, 6.07) is 8.15. The van der Waals surface area contributed by atoms with E-state index < -0.39 is 5.82 Å². The van der Waals surface area contributed by atoms with E-state index in [1.54, 1.807) is 24.5 Å². The second kappa shape index (κ2) is 6.02. The van der Waals surface area contributed by atoms with E-state index in [-0.39, 0.29) is 17.0 Å². The number of carbonyl (C=O) groups excluding carboxylic acids is 1. The lowest BCUT2D eigenvalue weighted by Gasteiger charge is -2.13. The Bertz CT molecular complexity index is 835. The summed E-state index contributed by atoms with van der Waals surface area (Å²) in [4.78, 5) is 16.7. The fourth-order valence-electron chi connectivity index (χ4n) is 2.21. The predicted molar refractivity (Wildman–Crippen MR) is 86.9 cm³/mol. The molecule has 3 aromatic rings. The molecule has 2 aromatic heterocycles. The lowest BCUT2D eigenvalue weighted by Crippen LogP contribution is -2.26. The Morgan fingerprint density at radius 3 is 2.73 bits per heavy atom. The molecular weight excluding hydrogens is 323 g/mol. The molecule has 1 atom stereocenters. The summed E-state index contributed by atoms with van der Waals surface area (Å²) in [6.45, 7) is 1.87. The number of nitrogens with one attached hydrogen (secondary N) is 1. The summed E-state index contributed by atoms with van der Waals surface area (Å²) in [7, 11) is 0. The molecule has 2 heterocycles. The molecule has 6 heteroatoms. The topological polar surface area (TPSA) is 42.0 Å². The lowest BCUT2D eigenvalue weighted by molar-refractivity contribution is 0.0944. The molecule has 22 heavy (non-hydrogen) atoms. The first-order valence-electron chi connectivity index (χ1n) is 6.65. The van der Waals surface area contributed by atoms with E-state index in [0.29, 0.717) is 15.0 Å². The Morgan fingerprint density at radius 1 is 1.32 bits per heavy atom. The average Bonchev–Trinajstić information content (AvgIpc) is 2.86. The van der Waals surface area contributed by atoms with E-state index in [1.165, 1.54) is 17.4 Å². The first-order valence-corrected chi connectivity index (χ1v) is 7.84. The van der Waals surface area contributed by atoms with Gasteiger partial charge < -0.3 is 5.32 Å². The number of hydrogen-bond acceptors (Lipinski definition) is 3. The van der Waals surface area contributed by atoms with Crippen LogP contribution in [0.3, 0.4) is 0 Å². The number of benzene rings is 1. The Kier molecular flexibility index (Phi) is 4.09. The zero-order valence-corrected chi connectivity index (χ0v) is 13.2. The van der Waals surface area contributed by atoms with Crippen molar-refractivity contribution in [3.8, 4) is 0 Å². The van der Waals surface area contributed by atoms with Gasteiger partial charge in [-0.1, -0.05) is 17.7 Å². The molecule has 112 valence electrons. The monoisotopic (exact) mass is 334 g/mol. The molecule has 0 spiro atoms. The van der Waals surface area contributed by atoms with Gasteiger partial charge >= 0.3 is 0 Å². The van der Waals surface area contributed by atoms with Gasteiger partial charge in [0.05, 0.1) is 11.1 Å². The summed E-state index contributed by atoms with van der Waals surface area (Å²) in [5.41, 5.74) is 0.937. The molecule has 0 unspecified atom stereocenters. The van der Waals surface area contributed by atoms with Crippen LogP contribution < -0.4 is 5.32 Å². The molecule has 0 fully saturated rings. The summed E-state index contributed by atoms with van der Waals surface area (Å²) in [5, 5.41) is 3.34. The first kappa shape index (κ1) is 14.9. The maximum Gasteiger partial charge on any atom is 0.263 e. The van der Waals surface area contributed by atoms with Crippen molar-refractivity contribution in [1.29, 1.82) is 0 Å². The average molecular weight is 335 g/mol. The van der Waals surface area contributed by atoms with E-state index in [0.717, 1.165) is 5.56 Å². The van der Waals surface area contributed by atoms with Crippen molar-refractivity contribution in [2.45, 2.75) is 13.0 Å². The molecule has 0 bridgehead atoms. The summed E-state index contributed by atoms with van der Waals surface area (Å²) in [6.07, 6.45) is 3.33. The molecule has 0 aliphatic rings. The third-order valence-electron chi connectivity index (χ3n) is 3.37. The van der Waals surface area contributed by atoms with Crippen molar-refractivity contribution in [2.75, 3.05) is 0 Å². The number of rotatable bonds is 3. The Balaban J connectivity index is 1.90. The third kappa shape index (κ3) is 2.69. The van der Waals surface area contributed by atoms with E-state index >= 15 is 0 Å². The zero-order chi connectivity index (χ0) is 15.7. The van der Waals surface area contributed by atoms with Gasteiger partial charge in [-0.25, -0.2) is 4.39 Å². The maximum atomic E-state index is 13.8. The maximum absolute atomic E-state index is 13.8. The van der Waals surface area contributed by atoms with Gasteiger partial charge in [0.1, 0.15) is 10.7 Å². The molecule has 0 saturated heterocycles. The molecule has 1 aromatic carbocycles. The van der Waals surface area contributed by atoms with Gasteiger partial charge in [0, 0.05) is 22.5 Å². The second-order valence-electron chi connectivity index (χ2n) is 4.83. The number of pyridine rings is 1. The van der Waals surface area contributed by atoms with Gasteiger partial charge in [-0.3, -0.25) is 9.78 Å². The Morgan fingerprint density at radius 2 is 2.05 bits per heavy atom. The molecular formula is C16H12ClFN2OS. The smallest absolute Gasteiger partial charge is 0.263 e. The minimum Gasteiger partial charge on any atom is -0.345 e. The quantitative estimate of drug-likeness (QED) is 0.761. The van der Waals surface area contributed by atoms with Crippen molar-refractivity contribution in [3.05, 3.63) is 64.0 Å². The van der Waals surface area contributed by atoms with Crippen LogP contribution in [0.4, 0.5) is 4.39 Å². The molecule has 1 N–H and O–H groups in total. The number of aromatic nitrogens is 1. The van der Waals surface area contributed by atoms with Crippen LogP contribution in [0, 0.1) is 5.82 Å². The number of fused-ring (bicyclic) bond motifs is 1. The van der Waals surface area contributed by atoms with E-state index in [9.17, 15) is 9.18 Å². The predicted octanol–water partition coefficient (Wildman–Crippen LogP) is 4.58. The molecule has 3 nitrogen and oxygen atoms in total. The Hall–Kier alpha value is -1.98. The number of thiophene rings is 1. The van der Waals surface area contributed by atoms with E-state index in [4.69, 9.17) is 11.6 Å². The first-order chi connectivity index (χ1) is 10.6. The van der Waals surface area contributed by atoms with Gasteiger partial charge in [-0.05, 0) is 36.8 Å². The number of carbonyl (C=O) groups is 1. The molecule has 0 aliphatic heterocycles. The van der Waals surface area contributed by atoms with Crippen LogP contribution in [0.15, 0.2) is 42.7 Å². The van der Waals surface area contributed by atoms with Gasteiger partial charge in [-0.15, -0.1) is 11.3 Å². The zero-order valence-electron chi connectivity index (χ0n) is 11.6. The molecule has 0 radical (unpaired) electrons. The number of halogens is 2. The summed E-state index contributed by atoms with van der Waals surface area (Å²) >= 11 is 7.37. The number of amides is 1. The highest BCUT2D eigenvalue weighted by molar-refractivity contribution is 7.21. The van der Waals surface area contributed by atoms with Gasteiger partial charge in [0.2, 0.25) is 0 Å². The SMILES string of the molecule is C[C@H](NC(=O)c1sc2cccc(F)c2c1Cl)c1ccncc1. The van der Waals surface area contributed by atoms with Crippen LogP contribution in [0.2, 0.25) is 5.02 Å². The van der Waals surface area contributed by atoms with Crippen LogP contribution in [0.5, 0.6) is 0 Å². The van der Waals surface area contributed by atoms with Crippen LogP contribution in [0.1, 0.15) is 28.2 Å². The van der Waals surface area contributed by atoms with Crippen molar-refractivity contribution in [1.82, 2.24) is 10.3 Å². The Labute approximate surface area is 135 Å². The molecule has 0 saturated carbocycles. The van der Waals surface area contributed by atoms with Crippen molar-refractivity contribution < 1.29 is 9.18 Å². The van der Waals surface area contributed by atoms with E-state index in [2.05, 4.69) is 10.3 Å². The van der Waals surface area contributed by atoms with Crippen LogP contribution in [0.25, 0.3) is 10.1 Å². The third-order valence-corrected chi connectivity index (χ3v) is 5.01. The van der Waals surface area contributed by atoms with Gasteiger partial charge in [0.15, 0.2) is 0 Å². The van der Waals surface area contributed by atoms with E-state index in [1.807, 2.05) is 19.1 Å². The van der Waals surface area contributed by atoms with Gasteiger partial charge in [0.25, 0.3) is 5.91 Å². The minimum atomic E-state index is -0.417. The summed E-state index contributed by atoms with van der Waals surface area (Å²) < 4.78 is 14.5. The fraction of sp³-hybridized carbons (Fsp3) is 0.125. The normalized spacial score (nSPS) is 12.3. The van der Waals surface area contributed by atoms with Crippen LogP contribution in [-0.4, -0.2) is 10.9 Å². The highest BCUT2D eigenvalue weighted by Gasteiger charge is 2.20. The number of hydrogen-bond donors (Lipinski definition) is 1. The standard InChI is InChI=1S/C16H12ClFN2OS/c1-9(10-5-7-19-8-6-10)20-16(21)15-14(17)13-11(18)3-2-4-12(13)22-15/h2-9H,1H3,(H,20,21)/t9-/m0/s1. The second-order valence-corrected chi connectivity index (χ2v) is 6.26. The highest BCUT2D eigenvalue weighted by Crippen LogP contribution is 2.37. The van der Waals surface area contributed by atoms with Crippen molar-refractivity contribution >= 4 is 38.9 Å². The van der Waals surface area contributed by atoms with Gasteiger partial charge in [-0.2, -0.15) is 0 Å². The molecule has 1 amide bonds. The lowest BCUT2D eigenvalue weighted by atomic mass is 10.1. The molecule has 3 rings (SSSR count). The summed E-state index contributed by atoms with van der Waals surface area (Å²) in [5.74, 6) is -0.727. The number of nitrogens with zero attached hydrogens (tertiary/aromatic N) is 1.